The molecule has 1 heterocycles. The highest BCUT2D eigenvalue weighted by Crippen LogP contribution is 2.52. The number of aliphatic hydroxyl groups excluding tert-OH is 1. The highest BCUT2D eigenvalue weighted by atomic mass is 29.3. The van der Waals surface area contributed by atoms with Crippen molar-refractivity contribution in [2.75, 3.05) is 11.9 Å². The Bertz CT molecular complexity index is 700. The third kappa shape index (κ3) is 2.29. The van der Waals surface area contributed by atoms with E-state index in [2.05, 4.69) is 71.2 Å². The Balaban J connectivity index is 2.21. The van der Waals surface area contributed by atoms with E-state index in [-0.39, 0.29) is 5.54 Å². The number of anilines is 1. The second kappa shape index (κ2) is 5.07. The number of hydrogen-bond donors (Lipinski definition) is 2. The van der Waals surface area contributed by atoms with E-state index in [0.29, 0.717) is 6.61 Å². The second-order valence-electron chi connectivity index (χ2n) is 9.01. The summed E-state index contributed by atoms with van der Waals surface area (Å²) < 4.78 is 0. The van der Waals surface area contributed by atoms with Crippen molar-refractivity contribution in [2.24, 2.45) is 0 Å². The zero-order chi connectivity index (χ0) is 17.2. The molecule has 1 aliphatic heterocycles. The van der Waals surface area contributed by atoms with Gasteiger partial charge in [-0.3, -0.25) is 0 Å². The Kier molecular flexibility index (Phi) is 3.75. The van der Waals surface area contributed by atoms with Crippen LogP contribution in [0.2, 0.25) is 25.7 Å². The predicted octanol–water partition coefficient (Wildman–Crippen LogP) is 3.85. The zero-order valence-electron chi connectivity index (χ0n) is 15.6. The molecule has 1 radical (unpaired) electrons. The van der Waals surface area contributed by atoms with Crippen molar-refractivity contribution < 1.29 is 5.11 Å². The van der Waals surface area contributed by atoms with Crippen molar-refractivity contribution in [2.45, 2.75) is 58.9 Å². The first-order valence-corrected chi connectivity index (χ1v) is 15.4. The molecular formula is C19H30NOSi2. The molecule has 125 valence electrons. The van der Waals surface area contributed by atoms with Gasteiger partial charge in [0.1, 0.15) is 7.59 Å². The normalized spacial score (nSPS) is 23.0. The molecule has 3 rings (SSSR count). The molecule has 1 unspecified atom stereocenters. The molecule has 0 saturated carbocycles. The number of benzene rings is 1. The number of rotatable bonds is 4. The minimum Gasteiger partial charge on any atom is -0.397 e. The van der Waals surface area contributed by atoms with Crippen molar-refractivity contribution in [3.8, 4) is 0 Å². The van der Waals surface area contributed by atoms with Crippen molar-refractivity contribution in [1.29, 1.82) is 0 Å². The SMILES string of the molecule is CC1=C2c3c(ccc(NC(C)(C)C)c3[Si]2(C)[Si](C)(C)CCO)[CH]1. The molecule has 0 amide bonds. The van der Waals surface area contributed by atoms with Crippen molar-refractivity contribution >= 4 is 31.3 Å². The zero-order valence-corrected chi connectivity index (χ0v) is 17.6. The minimum atomic E-state index is -1.69. The fourth-order valence-electron chi connectivity index (χ4n) is 4.45. The Labute approximate surface area is 142 Å². The maximum Gasteiger partial charge on any atom is 0.112 e. The fourth-order valence-corrected chi connectivity index (χ4v) is 17.7. The third-order valence-electron chi connectivity index (χ3n) is 5.85. The van der Waals surface area contributed by atoms with E-state index >= 15 is 0 Å². The lowest BCUT2D eigenvalue weighted by atomic mass is 10.0. The maximum absolute atomic E-state index is 9.64. The molecule has 2 nitrogen and oxygen atoms in total. The number of nitrogens with one attached hydrogen (secondary N) is 1. The highest BCUT2D eigenvalue weighted by molar-refractivity contribution is 7.55. The second-order valence-corrected chi connectivity index (χ2v) is 23.6. The van der Waals surface area contributed by atoms with E-state index in [9.17, 15) is 5.11 Å². The van der Waals surface area contributed by atoms with Crippen molar-refractivity contribution in [3.63, 3.8) is 0 Å². The lowest BCUT2D eigenvalue weighted by molar-refractivity contribution is 0.317. The Morgan fingerprint density at radius 1 is 1.22 bits per heavy atom. The number of aliphatic hydroxyl groups is 1. The van der Waals surface area contributed by atoms with Crippen LogP contribution in [0.3, 0.4) is 0 Å². The highest BCUT2D eigenvalue weighted by Gasteiger charge is 2.60. The first-order valence-electron chi connectivity index (χ1n) is 8.66. The molecule has 2 aliphatic rings. The minimum absolute atomic E-state index is 0.0690. The van der Waals surface area contributed by atoms with Gasteiger partial charge in [0.05, 0.1) is 7.59 Å². The first-order chi connectivity index (χ1) is 10.5. The molecule has 0 aromatic heterocycles. The third-order valence-corrected chi connectivity index (χ3v) is 23.6. The van der Waals surface area contributed by atoms with Crippen molar-refractivity contribution in [1.82, 2.24) is 0 Å². The van der Waals surface area contributed by atoms with Crippen LogP contribution >= 0.6 is 0 Å². The van der Waals surface area contributed by atoms with E-state index in [0.717, 1.165) is 6.04 Å². The molecular weight excluding hydrogens is 314 g/mol. The molecule has 4 heteroatoms. The molecule has 1 aromatic carbocycles. The summed E-state index contributed by atoms with van der Waals surface area (Å²) in [7, 11) is -3.21. The average Bonchev–Trinajstić information content (AvgIpc) is 2.69. The van der Waals surface area contributed by atoms with Gasteiger partial charge in [-0.2, -0.15) is 0 Å². The molecule has 0 saturated heterocycles. The van der Waals surface area contributed by atoms with Gasteiger partial charge in [-0.15, -0.1) is 0 Å². The van der Waals surface area contributed by atoms with Gasteiger partial charge in [-0.25, -0.2) is 0 Å². The van der Waals surface area contributed by atoms with Crippen molar-refractivity contribution in [3.05, 3.63) is 35.3 Å². The van der Waals surface area contributed by atoms with Crippen LogP contribution < -0.4 is 10.5 Å². The van der Waals surface area contributed by atoms with Crippen LogP contribution in [0.25, 0.3) is 5.20 Å². The summed E-state index contributed by atoms with van der Waals surface area (Å²) in [6.07, 6.45) is 2.37. The number of allylic oxidation sites excluding steroid dienone is 1. The summed E-state index contributed by atoms with van der Waals surface area (Å²) in [5, 5.41) is 16.7. The molecule has 1 atom stereocenters. The molecule has 1 aromatic rings. The summed E-state index contributed by atoms with van der Waals surface area (Å²) in [5.41, 5.74) is 5.83. The topological polar surface area (TPSA) is 32.3 Å². The van der Waals surface area contributed by atoms with Gasteiger partial charge in [-0.05, 0) is 56.1 Å². The number of hydrogen-bond acceptors (Lipinski definition) is 2. The van der Waals surface area contributed by atoms with Crippen LogP contribution in [0.1, 0.15) is 38.8 Å². The van der Waals surface area contributed by atoms with E-state index in [1.807, 2.05) is 0 Å². The lowest BCUT2D eigenvalue weighted by Crippen LogP contribution is -2.73. The summed E-state index contributed by atoms with van der Waals surface area (Å²) in [5.74, 6) is 0. The van der Waals surface area contributed by atoms with Crippen LogP contribution in [0.5, 0.6) is 0 Å². The molecule has 23 heavy (non-hydrogen) atoms. The monoisotopic (exact) mass is 344 g/mol. The maximum atomic E-state index is 9.64. The standard InChI is InChI=1S/C19H30NOSi2/c1-13-12-14-8-9-15(20-19(2,3)4)18-16(14)17(13)23(18,7)22(5,6)11-10-21/h8-9,12,20-21H,10-11H2,1-7H3. The Hall–Kier alpha value is -0.846. The summed E-state index contributed by atoms with van der Waals surface area (Å²) >= 11 is 0. The molecule has 0 fully saturated rings. The molecule has 1 aliphatic carbocycles. The van der Waals surface area contributed by atoms with Gasteiger partial charge in [0, 0.05) is 24.3 Å². The molecule has 0 bridgehead atoms. The quantitative estimate of drug-likeness (QED) is 0.813. The van der Waals surface area contributed by atoms with Crippen LogP contribution in [-0.4, -0.2) is 32.4 Å². The van der Waals surface area contributed by atoms with Gasteiger partial charge in [0.15, 0.2) is 0 Å². The largest absolute Gasteiger partial charge is 0.397 e. The van der Waals surface area contributed by atoms with Crippen LogP contribution in [0, 0.1) is 6.42 Å². The van der Waals surface area contributed by atoms with Gasteiger partial charge < -0.3 is 10.4 Å². The summed E-state index contributed by atoms with van der Waals surface area (Å²) in [6, 6.07) is 5.57. The van der Waals surface area contributed by atoms with Gasteiger partial charge in [-0.1, -0.05) is 36.5 Å². The Morgan fingerprint density at radius 2 is 1.87 bits per heavy atom. The van der Waals surface area contributed by atoms with E-state index in [1.165, 1.54) is 22.4 Å². The molecule has 0 spiro atoms. The molecule has 2 N–H and O–H groups in total. The first kappa shape index (κ1) is 17.0. The van der Waals surface area contributed by atoms with Gasteiger partial charge in [0.25, 0.3) is 0 Å². The van der Waals surface area contributed by atoms with E-state index < -0.39 is 15.2 Å². The van der Waals surface area contributed by atoms with Crippen LogP contribution in [0.4, 0.5) is 5.69 Å². The Morgan fingerprint density at radius 3 is 2.43 bits per heavy atom. The van der Waals surface area contributed by atoms with Crippen LogP contribution in [0.15, 0.2) is 17.7 Å². The van der Waals surface area contributed by atoms with E-state index in [1.54, 1.807) is 10.4 Å². The average molecular weight is 345 g/mol. The lowest BCUT2D eigenvalue weighted by Gasteiger charge is -2.52. The van der Waals surface area contributed by atoms with E-state index in [4.69, 9.17) is 0 Å². The smallest absolute Gasteiger partial charge is 0.112 e. The summed E-state index contributed by atoms with van der Waals surface area (Å²) in [6.45, 7) is 16.8. The van der Waals surface area contributed by atoms with Crippen LogP contribution in [-0.2, 0) is 0 Å². The van der Waals surface area contributed by atoms with Gasteiger partial charge in [0.2, 0.25) is 0 Å². The predicted molar refractivity (Wildman–Crippen MR) is 106 cm³/mol. The van der Waals surface area contributed by atoms with Gasteiger partial charge >= 0.3 is 0 Å². The fraction of sp³-hybridized carbons (Fsp3) is 0.526. The summed E-state index contributed by atoms with van der Waals surface area (Å²) in [4.78, 5) is 0.